The highest BCUT2D eigenvalue weighted by atomic mass is 35.5. The van der Waals surface area contributed by atoms with Crippen LogP contribution in [0, 0.1) is 0 Å². The molecule has 1 fully saturated rings. The third-order valence-corrected chi connectivity index (χ3v) is 4.48. The van der Waals surface area contributed by atoms with Crippen LogP contribution in [0.15, 0.2) is 17.6 Å². The third kappa shape index (κ3) is 4.40. The summed E-state index contributed by atoms with van der Waals surface area (Å²) in [5, 5.41) is 3.09. The first-order valence-corrected chi connectivity index (χ1v) is 7.86. The van der Waals surface area contributed by atoms with Gasteiger partial charge in [0.2, 0.25) is 5.91 Å². The SMILES string of the molecule is CC1CNCCN1C(=O)CNS(=O)(=O)c1cn(C)cn1.Cl. The van der Waals surface area contributed by atoms with E-state index < -0.39 is 10.0 Å². The number of piperazine rings is 1. The number of halogens is 1. The van der Waals surface area contributed by atoms with Gasteiger partial charge in [-0.1, -0.05) is 0 Å². The van der Waals surface area contributed by atoms with Crippen LogP contribution in [0.3, 0.4) is 0 Å². The molecule has 1 amide bonds. The van der Waals surface area contributed by atoms with E-state index in [1.807, 2.05) is 6.92 Å². The fourth-order valence-electron chi connectivity index (χ4n) is 2.07. The Morgan fingerprint density at radius 1 is 1.57 bits per heavy atom. The molecule has 1 aliphatic heterocycles. The van der Waals surface area contributed by atoms with Gasteiger partial charge in [0.1, 0.15) is 0 Å². The molecule has 21 heavy (non-hydrogen) atoms. The number of nitrogens with one attached hydrogen (secondary N) is 2. The van der Waals surface area contributed by atoms with E-state index in [1.54, 1.807) is 11.9 Å². The molecule has 8 nitrogen and oxygen atoms in total. The van der Waals surface area contributed by atoms with Crippen molar-refractivity contribution in [2.24, 2.45) is 7.05 Å². The molecule has 1 unspecified atom stereocenters. The summed E-state index contributed by atoms with van der Waals surface area (Å²) in [7, 11) is -2.06. The number of hydrogen-bond acceptors (Lipinski definition) is 5. The number of hydrogen-bond donors (Lipinski definition) is 2. The van der Waals surface area contributed by atoms with E-state index in [1.165, 1.54) is 17.1 Å². The van der Waals surface area contributed by atoms with E-state index in [9.17, 15) is 13.2 Å². The molecule has 1 aromatic heterocycles. The Hall–Kier alpha value is -1.16. The van der Waals surface area contributed by atoms with Gasteiger partial charge in [-0.3, -0.25) is 4.79 Å². The number of aryl methyl sites for hydroxylation is 1. The average molecular weight is 338 g/mol. The maximum absolute atomic E-state index is 12.0. The molecule has 0 bridgehead atoms. The monoisotopic (exact) mass is 337 g/mol. The van der Waals surface area contributed by atoms with Crippen molar-refractivity contribution in [1.29, 1.82) is 0 Å². The molecule has 120 valence electrons. The predicted molar refractivity (Wildman–Crippen MR) is 79.7 cm³/mol. The van der Waals surface area contributed by atoms with Gasteiger partial charge in [-0.25, -0.2) is 18.1 Å². The largest absolute Gasteiger partial charge is 0.339 e. The van der Waals surface area contributed by atoms with Gasteiger partial charge in [-0.05, 0) is 6.92 Å². The van der Waals surface area contributed by atoms with Crippen molar-refractivity contribution in [1.82, 2.24) is 24.5 Å². The summed E-state index contributed by atoms with van der Waals surface area (Å²) in [6.45, 7) is 3.72. The quantitative estimate of drug-likeness (QED) is 0.730. The molecule has 0 aliphatic carbocycles. The summed E-state index contributed by atoms with van der Waals surface area (Å²) in [5.41, 5.74) is 0. The summed E-state index contributed by atoms with van der Waals surface area (Å²) in [6, 6.07) is 0.0654. The highest BCUT2D eigenvalue weighted by Crippen LogP contribution is 2.05. The topological polar surface area (TPSA) is 96.3 Å². The lowest BCUT2D eigenvalue weighted by Crippen LogP contribution is -2.54. The summed E-state index contributed by atoms with van der Waals surface area (Å²) < 4.78 is 27.7. The van der Waals surface area contributed by atoms with E-state index in [0.717, 1.165) is 13.1 Å². The Morgan fingerprint density at radius 3 is 2.86 bits per heavy atom. The number of imidazole rings is 1. The standard InChI is InChI=1S/C11H19N5O3S.ClH/c1-9-5-12-3-4-16(9)11(17)6-14-20(18,19)10-7-15(2)8-13-10;/h7-9,12,14H,3-6H2,1-2H3;1H. The van der Waals surface area contributed by atoms with E-state index in [4.69, 9.17) is 0 Å². The molecular weight excluding hydrogens is 318 g/mol. The fourth-order valence-corrected chi connectivity index (χ4v) is 3.02. The highest BCUT2D eigenvalue weighted by Gasteiger charge is 2.25. The van der Waals surface area contributed by atoms with E-state index in [0.29, 0.717) is 6.54 Å². The van der Waals surface area contributed by atoms with Crippen LogP contribution < -0.4 is 10.0 Å². The van der Waals surface area contributed by atoms with Gasteiger partial charge in [0.05, 0.1) is 12.9 Å². The average Bonchev–Trinajstić information content (AvgIpc) is 2.84. The molecule has 0 radical (unpaired) electrons. The Bertz CT molecular complexity index is 588. The first kappa shape index (κ1) is 17.9. The van der Waals surface area contributed by atoms with Gasteiger partial charge in [0, 0.05) is 38.9 Å². The van der Waals surface area contributed by atoms with Crippen molar-refractivity contribution in [2.75, 3.05) is 26.2 Å². The number of nitrogens with zero attached hydrogens (tertiary/aromatic N) is 3. The molecule has 1 aliphatic rings. The maximum Gasteiger partial charge on any atom is 0.260 e. The van der Waals surface area contributed by atoms with Crippen LogP contribution in [-0.4, -0.2) is 61.0 Å². The second-order valence-corrected chi connectivity index (χ2v) is 6.56. The molecule has 2 rings (SSSR count). The van der Waals surface area contributed by atoms with Crippen molar-refractivity contribution < 1.29 is 13.2 Å². The summed E-state index contributed by atoms with van der Waals surface area (Å²) in [4.78, 5) is 17.5. The minimum absolute atomic E-state index is 0. The van der Waals surface area contributed by atoms with Crippen molar-refractivity contribution >= 4 is 28.3 Å². The Morgan fingerprint density at radius 2 is 2.29 bits per heavy atom. The zero-order valence-electron chi connectivity index (χ0n) is 11.9. The molecule has 0 saturated carbocycles. The van der Waals surface area contributed by atoms with Crippen molar-refractivity contribution in [3.8, 4) is 0 Å². The number of sulfonamides is 1. The zero-order chi connectivity index (χ0) is 14.8. The van der Waals surface area contributed by atoms with Gasteiger partial charge >= 0.3 is 0 Å². The Labute approximate surface area is 130 Å². The summed E-state index contributed by atoms with van der Waals surface area (Å²) in [5.74, 6) is -0.224. The van der Waals surface area contributed by atoms with Crippen LogP contribution in [0.2, 0.25) is 0 Å². The second kappa shape index (κ2) is 7.21. The molecule has 1 aromatic rings. The summed E-state index contributed by atoms with van der Waals surface area (Å²) in [6.07, 6.45) is 2.79. The van der Waals surface area contributed by atoms with Crippen LogP contribution in [0.1, 0.15) is 6.92 Å². The van der Waals surface area contributed by atoms with Crippen molar-refractivity contribution in [3.05, 3.63) is 12.5 Å². The lowest BCUT2D eigenvalue weighted by molar-refractivity contribution is -0.132. The maximum atomic E-state index is 12.0. The van der Waals surface area contributed by atoms with Crippen LogP contribution >= 0.6 is 12.4 Å². The molecular formula is C11H20ClN5O3S. The fraction of sp³-hybridized carbons (Fsp3) is 0.636. The van der Waals surface area contributed by atoms with Gasteiger partial charge in [0.15, 0.2) is 5.03 Å². The lowest BCUT2D eigenvalue weighted by atomic mass is 10.2. The van der Waals surface area contributed by atoms with Crippen molar-refractivity contribution in [3.63, 3.8) is 0 Å². The number of rotatable bonds is 4. The summed E-state index contributed by atoms with van der Waals surface area (Å²) >= 11 is 0. The van der Waals surface area contributed by atoms with Gasteiger partial charge in [0.25, 0.3) is 10.0 Å². The van der Waals surface area contributed by atoms with Gasteiger partial charge < -0.3 is 14.8 Å². The minimum atomic E-state index is -3.74. The smallest absolute Gasteiger partial charge is 0.260 e. The number of carbonyl (C=O) groups is 1. The van der Waals surface area contributed by atoms with Gasteiger partial charge in [-0.2, -0.15) is 0 Å². The molecule has 2 N–H and O–H groups in total. The Kier molecular flexibility index (Phi) is 6.14. The number of amides is 1. The van der Waals surface area contributed by atoms with E-state index in [-0.39, 0.29) is 35.9 Å². The van der Waals surface area contributed by atoms with Crippen molar-refractivity contribution in [2.45, 2.75) is 18.0 Å². The molecule has 1 atom stereocenters. The molecule has 2 heterocycles. The van der Waals surface area contributed by atoms with Gasteiger partial charge in [-0.15, -0.1) is 12.4 Å². The second-order valence-electron chi connectivity index (χ2n) is 4.84. The van der Waals surface area contributed by atoms with Crippen LogP contribution in [0.25, 0.3) is 0 Å². The van der Waals surface area contributed by atoms with Crippen LogP contribution in [-0.2, 0) is 21.9 Å². The van der Waals surface area contributed by atoms with E-state index >= 15 is 0 Å². The minimum Gasteiger partial charge on any atom is -0.339 e. The highest BCUT2D eigenvalue weighted by molar-refractivity contribution is 7.89. The number of aromatic nitrogens is 2. The number of carbonyl (C=O) groups excluding carboxylic acids is 1. The van der Waals surface area contributed by atoms with E-state index in [2.05, 4.69) is 15.0 Å². The third-order valence-electron chi connectivity index (χ3n) is 3.19. The molecule has 10 heteroatoms. The van der Waals surface area contributed by atoms with Crippen LogP contribution in [0.5, 0.6) is 0 Å². The molecule has 1 saturated heterocycles. The normalized spacial score (nSPS) is 19.1. The molecule has 0 spiro atoms. The zero-order valence-corrected chi connectivity index (χ0v) is 13.6. The molecule has 0 aromatic carbocycles. The lowest BCUT2D eigenvalue weighted by Gasteiger charge is -2.34. The predicted octanol–water partition coefficient (Wildman–Crippen LogP) is -1.06. The first-order chi connectivity index (χ1) is 9.40. The first-order valence-electron chi connectivity index (χ1n) is 6.38. The van der Waals surface area contributed by atoms with Crippen LogP contribution in [0.4, 0.5) is 0 Å². The Balaban J connectivity index is 0.00000220.